The van der Waals surface area contributed by atoms with Gasteiger partial charge in [0.2, 0.25) is 5.82 Å². The second kappa shape index (κ2) is 9.05. The molecule has 4 aromatic carbocycles. The van der Waals surface area contributed by atoms with Gasteiger partial charge in [0, 0.05) is 5.56 Å². The highest BCUT2D eigenvalue weighted by Gasteiger charge is 2.39. The Hall–Kier alpha value is -3.88. The second-order valence-corrected chi connectivity index (χ2v) is 7.67. The third-order valence-electron chi connectivity index (χ3n) is 5.25. The molecule has 0 N–H and O–H groups in total. The number of alkyl halides is 2. The molecule has 4 aromatic rings. The summed E-state index contributed by atoms with van der Waals surface area (Å²) in [6.45, 7) is 1.84. The predicted octanol–water partition coefficient (Wildman–Crippen LogP) is 8.29. The molecule has 0 aromatic heterocycles. The van der Waals surface area contributed by atoms with E-state index in [0.717, 1.165) is 17.7 Å². The number of hydrogen-bond donors (Lipinski definition) is 0. The third-order valence-corrected chi connectivity index (χ3v) is 5.25. The minimum atomic E-state index is -4.40. The van der Waals surface area contributed by atoms with Crippen LogP contribution in [0, 0.1) is 41.8 Å². The number of ether oxygens (including phenoxy) is 1. The molecule has 0 radical (unpaired) electrons. The summed E-state index contributed by atoms with van der Waals surface area (Å²) in [7, 11) is 0. The summed E-state index contributed by atoms with van der Waals surface area (Å²) in [6, 6.07) is 11.8. The van der Waals surface area contributed by atoms with Crippen LogP contribution in [0.25, 0.3) is 22.3 Å². The van der Waals surface area contributed by atoms with Gasteiger partial charge in [0.15, 0.2) is 29.0 Å². The average molecular weight is 494 g/mol. The number of hydrogen-bond acceptors (Lipinski definition) is 1. The zero-order valence-corrected chi connectivity index (χ0v) is 17.8. The van der Waals surface area contributed by atoms with Gasteiger partial charge < -0.3 is 4.74 Å². The monoisotopic (exact) mass is 494 g/mol. The van der Waals surface area contributed by atoms with Crippen molar-refractivity contribution < 1.29 is 39.9 Å². The van der Waals surface area contributed by atoms with Gasteiger partial charge in [0.1, 0.15) is 5.82 Å². The molecule has 180 valence electrons. The van der Waals surface area contributed by atoms with Crippen LogP contribution in [0.15, 0.2) is 66.7 Å². The molecule has 0 aliphatic rings. The maximum atomic E-state index is 14.7. The number of rotatable bonds is 5. The number of aryl methyl sites for hydroxylation is 1. The topological polar surface area (TPSA) is 9.23 Å². The van der Waals surface area contributed by atoms with Crippen LogP contribution in [0.2, 0.25) is 0 Å². The first kappa shape index (κ1) is 24.3. The highest BCUT2D eigenvalue weighted by molar-refractivity contribution is 5.66. The van der Waals surface area contributed by atoms with E-state index >= 15 is 0 Å². The van der Waals surface area contributed by atoms with E-state index < -0.39 is 63.5 Å². The van der Waals surface area contributed by atoms with E-state index in [2.05, 4.69) is 4.74 Å². The summed E-state index contributed by atoms with van der Waals surface area (Å²) in [6.07, 6.45) is -4.40. The minimum absolute atomic E-state index is 0.308. The van der Waals surface area contributed by atoms with E-state index in [0.29, 0.717) is 35.4 Å². The standard InChI is InChI=1S/C26H14F8O/c1-13-2-4-14(5-3-13)15-6-8-18(19(27)10-15)26(33,34)35-22-9-7-17(23(30)25(22)32)16-11-20(28)24(31)21(29)12-16/h2-12H,1H3. The molecule has 0 amide bonds. The Morgan fingerprint density at radius 3 is 1.74 bits per heavy atom. The first-order valence-electron chi connectivity index (χ1n) is 10.0. The van der Waals surface area contributed by atoms with Crippen molar-refractivity contribution in [2.45, 2.75) is 13.0 Å². The fraction of sp³-hybridized carbons (Fsp3) is 0.0769. The van der Waals surface area contributed by atoms with E-state index in [-0.39, 0.29) is 0 Å². The van der Waals surface area contributed by atoms with Gasteiger partial charge in [-0.15, -0.1) is 0 Å². The lowest BCUT2D eigenvalue weighted by molar-refractivity contribution is -0.189. The molecule has 0 atom stereocenters. The van der Waals surface area contributed by atoms with Crippen molar-refractivity contribution in [3.8, 4) is 28.0 Å². The summed E-state index contributed by atoms with van der Waals surface area (Å²) in [5.74, 6) is -11.4. The zero-order valence-electron chi connectivity index (χ0n) is 17.8. The molecule has 4 rings (SSSR count). The van der Waals surface area contributed by atoms with Crippen LogP contribution in [0.5, 0.6) is 5.75 Å². The molecule has 0 heterocycles. The van der Waals surface area contributed by atoms with Crippen LogP contribution < -0.4 is 4.74 Å². The van der Waals surface area contributed by atoms with E-state index in [9.17, 15) is 35.1 Å². The first-order chi connectivity index (χ1) is 16.5. The Balaban J connectivity index is 1.64. The maximum Gasteiger partial charge on any atom is 0.429 e. The molecule has 0 unspecified atom stereocenters. The summed E-state index contributed by atoms with van der Waals surface area (Å²) in [5.41, 5.74) is -0.704. The van der Waals surface area contributed by atoms with Gasteiger partial charge in [-0.2, -0.15) is 13.2 Å². The van der Waals surface area contributed by atoms with Crippen LogP contribution >= 0.6 is 0 Å². The highest BCUT2D eigenvalue weighted by Crippen LogP contribution is 2.38. The minimum Gasteiger partial charge on any atom is -0.426 e. The van der Waals surface area contributed by atoms with Crippen LogP contribution in [-0.4, -0.2) is 0 Å². The fourth-order valence-corrected chi connectivity index (χ4v) is 3.41. The molecule has 0 spiro atoms. The molecular formula is C26H14F8O. The summed E-state index contributed by atoms with van der Waals surface area (Å²) >= 11 is 0. The van der Waals surface area contributed by atoms with E-state index in [1.165, 1.54) is 6.07 Å². The van der Waals surface area contributed by atoms with Gasteiger partial charge >= 0.3 is 6.11 Å². The van der Waals surface area contributed by atoms with Gasteiger partial charge in [0.05, 0.1) is 5.56 Å². The first-order valence-corrected chi connectivity index (χ1v) is 10.0. The van der Waals surface area contributed by atoms with Crippen molar-refractivity contribution in [2.24, 2.45) is 0 Å². The molecule has 0 bridgehead atoms. The van der Waals surface area contributed by atoms with Crippen LogP contribution in [0.4, 0.5) is 35.1 Å². The highest BCUT2D eigenvalue weighted by atomic mass is 19.3. The zero-order chi connectivity index (χ0) is 25.5. The Bertz CT molecular complexity index is 1390. The molecular weight excluding hydrogens is 480 g/mol. The molecule has 0 saturated carbocycles. The van der Waals surface area contributed by atoms with Crippen molar-refractivity contribution >= 4 is 0 Å². The predicted molar refractivity (Wildman–Crippen MR) is 113 cm³/mol. The largest absolute Gasteiger partial charge is 0.429 e. The van der Waals surface area contributed by atoms with E-state index in [4.69, 9.17) is 0 Å². The summed E-state index contributed by atoms with van der Waals surface area (Å²) in [4.78, 5) is 0. The van der Waals surface area contributed by atoms with Gasteiger partial charge in [-0.25, -0.2) is 22.0 Å². The SMILES string of the molecule is Cc1ccc(-c2ccc(C(F)(F)Oc3ccc(-c4cc(F)c(F)c(F)c4)c(F)c3F)c(F)c2)cc1. The summed E-state index contributed by atoms with van der Waals surface area (Å²) < 4.78 is 117. The van der Waals surface area contributed by atoms with Crippen molar-refractivity contribution in [1.82, 2.24) is 0 Å². The second-order valence-electron chi connectivity index (χ2n) is 7.67. The third kappa shape index (κ3) is 4.71. The smallest absolute Gasteiger partial charge is 0.426 e. The summed E-state index contributed by atoms with van der Waals surface area (Å²) in [5, 5.41) is 0. The lowest BCUT2D eigenvalue weighted by atomic mass is 10.0. The van der Waals surface area contributed by atoms with Gasteiger partial charge in [0.25, 0.3) is 0 Å². The molecule has 1 nitrogen and oxygen atoms in total. The van der Waals surface area contributed by atoms with Crippen LogP contribution in [0.3, 0.4) is 0 Å². The molecule has 0 aliphatic heterocycles. The molecule has 0 saturated heterocycles. The molecule has 35 heavy (non-hydrogen) atoms. The Morgan fingerprint density at radius 1 is 0.571 bits per heavy atom. The molecule has 9 heteroatoms. The van der Waals surface area contributed by atoms with Gasteiger partial charge in [-0.05, 0) is 60.0 Å². The van der Waals surface area contributed by atoms with Crippen molar-refractivity contribution in [3.05, 3.63) is 113 Å². The van der Waals surface area contributed by atoms with Crippen molar-refractivity contribution in [2.75, 3.05) is 0 Å². The van der Waals surface area contributed by atoms with E-state index in [1.807, 2.05) is 6.92 Å². The fourth-order valence-electron chi connectivity index (χ4n) is 3.41. The Morgan fingerprint density at radius 2 is 1.14 bits per heavy atom. The van der Waals surface area contributed by atoms with Crippen LogP contribution in [0.1, 0.15) is 11.1 Å². The van der Waals surface area contributed by atoms with Gasteiger partial charge in [-0.3, -0.25) is 0 Å². The Kier molecular flexibility index (Phi) is 6.27. The maximum absolute atomic E-state index is 14.7. The normalized spacial score (nSPS) is 11.6. The van der Waals surface area contributed by atoms with Gasteiger partial charge in [-0.1, -0.05) is 35.9 Å². The van der Waals surface area contributed by atoms with Crippen molar-refractivity contribution in [1.29, 1.82) is 0 Å². The Labute approximate surface area is 194 Å². The number of benzene rings is 4. The average Bonchev–Trinajstić information content (AvgIpc) is 2.80. The quantitative estimate of drug-likeness (QED) is 0.200. The molecule has 0 fully saturated rings. The lowest BCUT2D eigenvalue weighted by Gasteiger charge is -2.20. The van der Waals surface area contributed by atoms with Crippen molar-refractivity contribution in [3.63, 3.8) is 0 Å². The van der Waals surface area contributed by atoms with Crippen LogP contribution in [-0.2, 0) is 6.11 Å². The van der Waals surface area contributed by atoms with E-state index in [1.54, 1.807) is 24.3 Å². The number of halogens is 8. The molecule has 0 aliphatic carbocycles. The lowest BCUT2D eigenvalue weighted by Crippen LogP contribution is -2.24.